The first kappa shape index (κ1) is 16.3. The highest BCUT2D eigenvalue weighted by molar-refractivity contribution is 5.94. The maximum absolute atomic E-state index is 12.3. The average Bonchev–Trinajstić information content (AvgIpc) is 2.64. The quantitative estimate of drug-likeness (QED) is 0.830. The predicted octanol–water partition coefficient (Wildman–Crippen LogP) is 3.30. The number of ether oxygens (including phenoxy) is 2. The van der Waals surface area contributed by atoms with Crippen molar-refractivity contribution in [1.82, 2.24) is 5.32 Å². The van der Waals surface area contributed by atoms with Crippen LogP contribution in [0.2, 0.25) is 0 Å². The number of benzene rings is 2. The van der Waals surface area contributed by atoms with Crippen LogP contribution in [-0.2, 0) is 11.2 Å². The van der Waals surface area contributed by atoms with Crippen molar-refractivity contribution in [3.63, 3.8) is 0 Å². The minimum Gasteiger partial charge on any atom is -0.490 e. The standard InChI is InChI=1S/C20H21NO3/c1-2-12-23-17-9-7-16(8-10-17)20(22)21-14-19-18-6-4-3-5-15(18)11-13-24-19/h2-10,19H,1,11-14H2,(H,21,22). The molecule has 0 radical (unpaired) electrons. The Hall–Kier alpha value is -2.59. The van der Waals surface area contributed by atoms with Gasteiger partial charge in [-0.3, -0.25) is 4.79 Å². The first-order chi connectivity index (χ1) is 11.8. The Morgan fingerprint density at radius 2 is 2.04 bits per heavy atom. The molecule has 1 atom stereocenters. The fourth-order valence-corrected chi connectivity index (χ4v) is 2.79. The number of carbonyl (C=O) groups is 1. The number of amides is 1. The van der Waals surface area contributed by atoms with Crippen LogP contribution in [0.3, 0.4) is 0 Å². The highest BCUT2D eigenvalue weighted by Crippen LogP contribution is 2.26. The lowest BCUT2D eigenvalue weighted by molar-refractivity contribution is 0.0411. The third kappa shape index (κ3) is 3.84. The van der Waals surface area contributed by atoms with E-state index < -0.39 is 0 Å². The maximum Gasteiger partial charge on any atom is 0.251 e. The Bertz CT molecular complexity index is 709. The molecule has 1 heterocycles. The molecule has 0 aliphatic carbocycles. The summed E-state index contributed by atoms with van der Waals surface area (Å²) in [4.78, 5) is 12.3. The second kappa shape index (κ2) is 7.79. The van der Waals surface area contributed by atoms with E-state index >= 15 is 0 Å². The smallest absolute Gasteiger partial charge is 0.251 e. The van der Waals surface area contributed by atoms with Crippen molar-refractivity contribution in [1.29, 1.82) is 0 Å². The second-order valence-electron chi connectivity index (χ2n) is 5.64. The van der Waals surface area contributed by atoms with Crippen molar-refractivity contribution >= 4 is 5.91 Å². The van der Waals surface area contributed by atoms with Gasteiger partial charge in [0.05, 0.1) is 6.61 Å². The van der Waals surface area contributed by atoms with Crippen LogP contribution in [0, 0.1) is 0 Å². The van der Waals surface area contributed by atoms with Crippen LogP contribution in [0.4, 0.5) is 0 Å². The van der Waals surface area contributed by atoms with E-state index in [-0.39, 0.29) is 12.0 Å². The molecule has 24 heavy (non-hydrogen) atoms. The molecule has 3 rings (SSSR count). The first-order valence-corrected chi connectivity index (χ1v) is 8.09. The van der Waals surface area contributed by atoms with Crippen LogP contribution in [-0.4, -0.2) is 25.7 Å². The van der Waals surface area contributed by atoms with E-state index in [1.165, 1.54) is 5.56 Å². The summed E-state index contributed by atoms with van der Waals surface area (Å²) in [5.74, 6) is 0.605. The van der Waals surface area contributed by atoms with Crippen LogP contribution < -0.4 is 10.1 Å². The number of rotatable bonds is 6. The number of hydrogen-bond donors (Lipinski definition) is 1. The normalized spacial score (nSPS) is 16.1. The fourth-order valence-electron chi connectivity index (χ4n) is 2.79. The lowest BCUT2D eigenvalue weighted by Crippen LogP contribution is -2.31. The zero-order chi connectivity index (χ0) is 16.8. The summed E-state index contributed by atoms with van der Waals surface area (Å²) in [5, 5.41) is 2.95. The molecule has 0 saturated carbocycles. The molecule has 4 nitrogen and oxygen atoms in total. The zero-order valence-corrected chi connectivity index (χ0v) is 13.5. The van der Waals surface area contributed by atoms with Crippen LogP contribution in [0.1, 0.15) is 27.6 Å². The van der Waals surface area contributed by atoms with E-state index in [9.17, 15) is 4.79 Å². The molecule has 0 bridgehead atoms. The summed E-state index contributed by atoms with van der Waals surface area (Å²) in [7, 11) is 0. The third-order valence-corrected chi connectivity index (χ3v) is 4.02. The molecule has 0 saturated heterocycles. The molecule has 124 valence electrons. The van der Waals surface area contributed by atoms with Gasteiger partial charge in [0.25, 0.3) is 5.91 Å². The van der Waals surface area contributed by atoms with Gasteiger partial charge in [0.2, 0.25) is 0 Å². The van der Waals surface area contributed by atoms with Crippen molar-refractivity contribution in [2.75, 3.05) is 19.8 Å². The van der Waals surface area contributed by atoms with Gasteiger partial charge < -0.3 is 14.8 Å². The van der Waals surface area contributed by atoms with E-state index in [1.807, 2.05) is 12.1 Å². The van der Waals surface area contributed by atoms with E-state index in [4.69, 9.17) is 9.47 Å². The van der Waals surface area contributed by atoms with Crippen LogP contribution in [0.25, 0.3) is 0 Å². The number of nitrogens with one attached hydrogen (secondary N) is 1. The fraction of sp³-hybridized carbons (Fsp3) is 0.250. The molecule has 1 amide bonds. The average molecular weight is 323 g/mol. The van der Waals surface area contributed by atoms with Crippen molar-refractivity contribution in [2.45, 2.75) is 12.5 Å². The Morgan fingerprint density at radius 1 is 1.25 bits per heavy atom. The van der Waals surface area contributed by atoms with Crippen LogP contribution >= 0.6 is 0 Å². The molecule has 1 unspecified atom stereocenters. The molecule has 1 aliphatic rings. The molecule has 2 aromatic carbocycles. The summed E-state index contributed by atoms with van der Waals surface area (Å²) < 4.78 is 11.2. The number of carbonyl (C=O) groups excluding carboxylic acids is 1. The molecule has 0 fully saturated rings. The van der Waals surface area contributed by atoms with Crippen LogP contribution in [0.15, 0.2) is 61.2 Å². The number of hydrogen-bond acceptors (Lipinski definition) is 3. The molecule has 1 aliphatic heterocycles. The third-order valence-electron chi connectivity index (χ3n) is 4.02. The lowest BCUT2D eigenvalue weighted by atomic mass is 9.97. The largest absolute Gasteiger partial charge is 0.490 e. The molecular weight excluding hydrogens is 302 g/mol. The monoisotopic (exact) mass is 323 g/mol. The van der Waals surface area contributed by atoms with E-state index in [0.29, 0.717) is 25.3 Å². The summed E-state index contributed by atoms with van der Waals surface area (Å²) >= 11 is 0. The Labute approximate surface area is 142 Å². The van der Waals surface area contributed by atoms with Crippen molar-refractivity contribution < 1.29 is 14.3 Å². The first-order valence-electron chi connectivity index (χ1n) is 8.09. The summed E-state index contributed by atoms with van der Waals surface area (Å²) in [6.45, 7) is 5.20. The summed E-state index contributed by atoms with van der Waals surface area (Å²) in [6, 6.07) is 15.3. The molecule has 2 aromatic rings. The topological polar surface area (TPSA) is 47.6 Å². The summed E-state index contributed by atoms with van der Waals surface area (Å²) in [5.41, 5.74) is 3.06. The van der Waals surface area contributed by atoms with E-state index in [1.54, 1.807) is 30.3 Å². The number of fused-ring (bicyclic) bond motifs is 1. The Morgan fingerprint density at radius 3 is 2.83 bits per heavy atom. The highest BCUT2D eigenvalue weighted by atomic mass is 16.5. The minimum absolute atomic E-state index is 0.0888. The van der Waals surface area contributed by atoms with Crippen molar-refractivity contribution in [3.8, 4) is 5.75 Å². The van der Waals surface area contributed by atoms with E-state index in [0.717, 1.165) is 17.7 Å². The van der Waals surface area contributed by atoms with E-state index in [2.05, 4.69) is 24.0 Å². The highest BCUT2D eigenvalue weighted by Gasteiger charge is 2.21. The van der Waals surface area contributed by atoms with Crippen molar-refractivity contribution in [2.24, 2.45) is 0 Å². The lowest BCUT2D eigenvalue weighted by Gasteiger charge is -2.26. The maximum atomic E-state index is 12.3. The van der Waals surface area contributed by atoms with Gasteiger partial charge in [0.1, 0.15) is 18.5 Å². The SMILES string of the molecule is C=CCOc1ccc(C(=O)NCC2OCCc3ccccc32)cc1. The van der Waals surface area contributed by atoms with Gasteiger partial charge in [-0.05, 0) is 41.8 Å². The van der Waals surface area contributed by atoms with Gasteiger partial charge in [-0.1, -0.05) is 36.9 Å². The molecule has 0 aromatic heterocycles. The van der Waals surface area contributed by atoms with Gasteiger partial charge in [-0.25, -0.2) is 0 Å². The zero-order valence-electron chi connectivity index (χ0n) is 13.5. The van der Waals surface area contributed by atoms with Gasteiger partial charge in [-0.2, -0.15) is 0 Å². The summed E-state index contributed by atoms with van der Waals surface area (Å²) in [6.07, 6.45) is 2.52. The van der Waals surface area contributed by atoms with Gasteiger partial charge in [-0.15, -0.1) is 0 Å². The van der Waals surface area contributed by atoms with Crippen molar-refractivity contribution in [3.05, 3.63) is 77.9 Å². The minimum atomic E-state index is -0.114. The second-order valence-corrected chi connectivity index (χ2v) is 5.64. The Kier molecular flexibility index (Phi) is 5.29. The van der Waals surface area contributed by atoms with Crippen LogP contribution in [0.5, 0.6) is 5.75 Å². The Balaban J connectivity index is 1.59. The molecule has 0 spiro atoms. The van der Waals surface area contributed by atoms with Gasteiger partial charge in [0, 0.05) is 12.1 Å². The molecular formula is C20H21NO3. The van der Waals surface area contributed by atoms with Gasteiger partial charge >= 0.3 is 0 Å². The predicted molar refractivity (Wildman–Crippen MR) is 93.3 cm³/mol. The van der Waals surface area contributed by atoms with Gasteiger partial charge in [0.15, 0.2) is 0 Å². The molecule has 1 N–H and O–H groups in total. The molecule has 4 heteroatoms.